The Bertz CT molecular complexity index is 774. The Labute approximate surface area is 150 Å². The van der Waals surface area contributed by atoms with E-state index in [0.29, 0.717) is 42.4 Å². The second-order valence-electron chi connectivity index (χ2n) is 6.21. The SMILES string of the molecule is O=C(CCc1ncc(-c2ccccc2Cl)o1)N[C@@H]1CC[C@H](C(=O)O)C1. The van der Waals surface area contributed by atoms with E-state index in [0.717, 1.165) is 5.56 Å². The van der Waals surface area contributed by atoms with E-state index >= 15 is 0 Å². The third-order valence-electron chi connectivity index (χ3n) is 4.41. The van der Waals surface area contributed by atoms with Gasteiger partial charge in [-0.05, 0) is 31.4 Å². The van der Waals surface area contributed by atoms with Crippen LogP contribution in [0, 0.1) is 5.92 Å². The molecule has 2 N–H and O–H groups in total. The van der Waals surface area contributed by atoms with Crippen molar-refractivity contribution >= 4 is 23.5 Å². The minimum atomic E-state index is -0.788. The maximum absolute atomic E-state index is 12.0. The highest BCUT2D eigenvalue weighted by atomic mass is 35.5. The molecule has 0 saturated heterocycles. The fourth-order valence-corrected chi connectivity index (χ4v) is 3.30. The molecule has 0 radical (unpaired) electrons. The summed E-state index contributed by atoms with van der Waals surface area (Å²) < 4.78 is 5.67. The third kappa shape index (κ3) is 4.39. The molecule has 2 aromatic rings. The van der Waals surface area contributed by atoms with Gasteiger partial charge in [-0.1, -0.05) is 23.7 Å². The predicted molar refractivity (Wildman–Crippen MR) is 92.2 cm³/mol. The van der Waals surface area contributed by atoms with Crippen molar-refractivity contribution in [3.05, 3.63) is 41.4 Å². The molecule has 0 spiro atoms. The van der Waals surface area contributed by atoms with Gasteiger partial charge in [0, 0.05) is 24.4 Å². The number of aryl methyl sites for hydroxylation is 1. The fourth-order valence-electron chi connectivity index (χ4n) is 3.07. The number of oxazole rings is 1. The summed E-state index contributed by atoms with van der Waals surface area (Å²) in [6.45, 7) is 0. The minimum Gasteiger partial charge on any atom is -0.481 e. The van der Waals surface area contributed by atoms with E-state index < -0.39 is 5.97 Å². The van der Waals surface area contributed by atoms with E-state index in [9.17, 15) is 9.59 Å². The molecule has 1 aromatic heterocycles. The lowest BCUT2D eigenvalue weighted by Gasteiger charge is -2.11. The molecule has 1 amide bonds. The van der Waals surface area contributed by atoms with Crippen molar-refractivity contribution in [2.75, 3.05) is 0 Å². The summed E-state index contributed by atoms with van der Waals surface area (Å²) >= 11 is 6.13. The molecule has 132 valence electrons. The summed E-state index contributed by atoms with van der Waals surface area (Å²) in [5, 5.41) is 12.5. The zero-order valence-corrected chi connectivity index (χ0v) is 14.3. The number of benzene rings is 1. The van der Waals surface area contributed by atoms with Gasteiger partial charge in [-0.2, -0.15) is 0 Å². The van der Waals surface area contributed by atoms with E-state index in [2.05, 4.69) is 10.3 Å². The molecule has 1 aliphatic carbocycles. The summed E-state index contributed by atoms with van der Waals surface area (Å²) in [5.41, 5.74) is 0.762. The van der Waals surface area contributed by atoms with Crippen LogP contribution in [0.25, 0.3) is 11.3 Å². The standard InChI is InChI=1S/C18H19ClN2O4/c19-14-4-2-1-3-13(14)15-10-20-17(25-15)8-7-16(22)21-12-6-5-11(9-12)18(23)24/h1-4,10-12H,5-9H2,(H,21,22)(H,23,24)/t11-,12+/m0/s1. The Balaban J connectivity index is 1.50. The van der Waals surface area contributed by atoms with Crippen LogP contribution in [-0.4, -0.2) is 28.0 Å². The largest absolute Gasteiger partial charge is 0.481 e. The molecule has 0 bridgehead atoms. The maximum Gasteiger partial charge on any atom is 0.306 e. The number of aliphatic carboxylic acids is 1. The van der Waals surface area contributed by atoms with Crippen molar-refractivity contribution in [1.82, 2.24) is 10.3 Å². The van der Waals surface area contributed by atoms with Crippen molar-refractivity contribution in [1.29, 1.82) is 0 Å². The quantitative estimate of drug-likeness (QED) is 0.822. The lowest BCUT2D eigenvalue weighted by molar-refractivity contribution is -0.141. The van der Waals surface area contributed by atoms with Gasteiger partial charge in [-0.15, -0.1) is 0 Å². The van der Waals surface area contributed by atoms with Gasteiger partial charge in [-0.25, -0.2) is 4.98 Å². The molecular weight excluding hydrogens is 344 g/mol. The second kappa shape index (κ2) is 7.70. The van der Waals surface area contributed by atoms with Crippen molar-refractivity contribution in [2.45, 2.75) is 38.1 Å². The van der Waals surface area contributed by atoms with E-state index in [1.807, 2.05) is 18.2 Å². The van der Waals surface area contributed by atoms with Crippen LogP contribution in [-0.2, 0) is 16.0 Å². The topological polar surface area (TPSA) is 92.4 Å². The highest BCUT2D eigenvalue weighted by Crippen LogP contribution is 2.28. The monoisotopic (exact) mass is 362 g/mol. The lowest BCUT2D eigenvalue weighted by atomic mass is 10.1. The molecule has 1 heterocycles. The number of nitrogens with zero attached hydrogens (tertiary/aromatic N) is 1. The van der Waals surface area contributed by atoms with E-state index in [-0.39, 0.29) is 24.3 Å². The number of amides is 1. The predicted octanol–water partition coefficient (Wildman–Crippen LogP) is 3.30. The number of carboxylic acids is 1. The summed E-state index contributed by atoms with van der Waals surface area (Å²) in [4.78, 5) is 27.2. The number of hydrogen-bond acceptors (Lipinski definition) is 4. The molecule has 25 heavy (non-hydrogen) atoms. The zero-order valence-electron chi connectivity index (χ0n) is 13.6. The molecule has 3 rings (SSSR count). The van der Waals surface area contributed by atoms with Crippen LogP contribution in [0.15, 0.2) is 34.9 Å². The van der Waals surface area contributed by atoms with E-state index in [1.165, 1.54) is 0 Å². The normalized spacial score (nSPS) is 19.7. The number of carbonyl (C=O) groups is 2. The van der Waals surface area contributed by atoms with Crippen molar-refractivity contribution in [3.8, 4) is 11.3 Å². The van der Waals surface area contributed by atoms with Crippen LogP contribution >= 0.6 is 11.6 Å². The molecule has 1 saturated carbocycles. The number of rotatable bonds is 6. The number of aromatic nitrogens is 1. The number of carboxylic acid groups (broad SMARTS) is 1. The second-order valence-corrected chi connectivity index (χ2v) is 6.62. The van der Waals surface area contributed by atoms with Gasteiger partial charge in [0.2, 0.25) is 5.91 Å². The van der Waals surface area contributed by atoms with Crippen molar-refractivity contribution in [3.63, 3.8) is 0 Å². The minimum absolute atomic E-state index is 0.0585. The fraction of sp³-hybridized carbons (Fsp3) is 0.389. The first-order valence-corrected chi connectivity index (χ1v) is 8.62. The molecule has 1 aliphatic rings. The van der Waals surface area contributed by atoms with Gasteiger partial charge in [0.1, 0.15) is 0 Å². The van der Waals surface area contributed by atoms with Gasteiger partial charge in [0.05, 0.1) is 17.1 Å². The number of carbonyl (C=O) groups excluding carboxylic acids is 1. The van der Waals surface area contributed by atoms with Gasteiger partial charge in [0.15, 0.2) is 11.7 Å². The molecule has 6 nitrogen and oxygen atoms in total. The highest BCUT2D eigenvalue weighted by Gasteiger charge is 2.30. The average molecular weight is 363 g/mol. The Morgan fingerprint density at radius 1 is 1.32 bits per heavy atom. The van der Waals surface area contributed by atoms with Crippen LogP contribution in [0.4, 0.5) is 0 Å². The Morgan fingerprint density at radius 3 is 2.84 bits per heavy atom. The maximum atomic E-state index is 12.0. The summed E-state index contributed by atoms with van der Waals surface area (Å²) in [7, 11) is 0. The van der Waals surface area contributed by atoms with Crippen LogP contribution in [0.5, 0.6) is 0 Å². The van der Waals surface area contributed by atoms with Crippen LogP contribution in [0.2, 0.25) is 5.02 Å². The molecule has 0 aliphatic heterocycles. The van der Waals surface area contributed by atoms with E-state index in [4.69, 9.17) is 21.1 Å². The molecule has 2 atom stereocenters. The third-order valence-corrected chi connectivity index (χ3v) is 4.74. The highest BCUT2D eigenvalue weighted by molar-refractivity contribution is 6.33. The lowest BCUT2D eigenvalue weighted by Crippen LogP contribution is -2.33. The molecule has 1 aromatic carbocycles. The first-order valence-electron chi connectivity index (χ1n) is 8.24. The Morgan fingerprint density at radius 2 is 2.12 bits per heavy atom. The number of halogens is 1. The zero-order chi connectivity index (χ0) is 17.8. The smallest absolute Gasteiger partial charge is 0.306 e. The van der Waals surface area contributed by atoms with E-state index in [1.54, 1.807) is 12.3 Å². The average Bonchev–Trinajstić information content (AvgIpc) is 3.23. The van der Waals surface area contributed by atoms with Crippen LogP contribution in [0.3, 0.4) is 0 Å². The first kappa shape index (κ1) is 17.5. The molecule has 7 heteroatoms. The van der Waals surface area contributed by atoms with Gasteiger partial charge in [-0.3, -0.25) is 9.59 Å². The van der Waals surface area contributed by atoms with Crippen LogP contribution < -0.4 is 5.32 Å². The van der Waals surface area contributed by atoms with Gasteiger partial charge >= 0.3 is 5.97 Å². The molecule has 1 fully saturated rings. The van der Waals surface area contributed by atoms with Gasteiger partial charge in [0.25, 0.3) is 0 Å². The van der Waals surface area contributed by atoms with Crippen molar-refractivity contribution < 1.29 is 19.1 Å². The number of nitrogens with one attached hydrogen (secondary N) is 1. The molecular formula is C18H19ClN2O4. The van der Waals surface area contributed by atoms with Crippen molar-refractivity contribution in [2.24, 2.45) is 5.92 Å². The summed E-state index contributed by atoms with van der Waals surface area (Å²) in [6, 6.07) is 7.27. The number of hydrogen-bond donors (Lipinski definition) is 2. The van der Waals surface area contributed by atoms with Crippen LogP contribution in [0.1, 0.15) is 31.6 Å². The summed E-state index contributed by atoms with van der Waals surface area (Å²) in [6.07, 6.45) is 4.04. The molecule has 0 unspecified atom stereocenters. The Hall–Kier alpha value is -2.34. The first-order chi connectivity index (χ1) is 12.0. The van der Waals surface area contributed by atoms with Gasteiger partial charge < -0.3 is 14.8 Å². The Kier molecular flexibility index (Phi) is 5.38. The summed E-state index contributed by atoms with van der Waals surface area (Å²) in [5.74, 6) is -0.214.